The summed E-state index contributed by atoms with van der Waals surface area (Å²) in [6.07, 6.45) is 1.61. The van der Waals surface area contributed by atoms with E-state index >= 15 is 0 Å². The predicted molar refractivity (Wildman–Crippen MR) is 118 cm³/mol. The standard InChI is InChI=1S/C23H20ClNO5S/c24-21-10-9-19(31(28,29)25-11-3-4-12-25)14-20(21)23(27)30-15-22(26)18-8-7-16-5-1-2-6-17(16)13-18/h1-2,5-10,13-14H,3-4,11-12,15H2. The highest BCUT2D eigenvalue weighted by Crippen LogP contribution is 2.26. The lowest BCUT2D eigenvalue weighted by molar-refractivity contribution is 0.0474. The predicted octanol–water partition coefficient (Wildman–Crippen LogP) is 4.32. The van der Waals surface area contributed by atoms with E-state index in [1.807, 2.05) is 30.3 Å². The Morgan fingerprint density at radius 1 is 0.935 bits per heavy atom. The first kappa shape index (κ1) is 21.5. The molecule has 1 saturated heterocycles. The Morgan fingerprint density at radius 2 is 1.65 bits per heavy atom. The number of halogens is 1. The molecule has 0 spiro atoms. The van der Waals surface area contributed by atoms with Gasteiger partial charge in [0.2, 0.25) is 10.0 Å². The molecule has 8 heteroatoms. The summed E-state index contributed by atoms with van der Waals surface area (Å²) in [4.78, 5) is 25.0. The third-order valence-electron chi connectivity index (χ3n) is 5.27. The van der Waals surface area contributed by atoms with Crippen LogP contribution in [0.5, 0.6) is 0 Å². The van der Waals surface area contributed by atoms with Crippen LogP contribution in [-0.2, 0) is 14.8 Å². The van der Waals surface area contributed by atoms with Crippen molar-refractivity contribution in [3.63, 3.8) is 0 Å². The zero-order valence-electron chi connectivity index (χ0n) is 16.6. The number of carbonyl (C=O) groups is 2. The van der Waals surface area contributed by atoms with Gasteiger partial charge in [-0.15, -0.1) is 0 Å². The number of hydrogen-bond acceptors (Lipinski definition) is 5. The molecule has 3 aromatic carbocycles. The van der Waals surface area contributed by atoms with Crippen molar-refractivity contribution in [1.29, 1.82) is 0 Å². The topological polar surface area (TPSA) is 80.8 Å². The van der Waals surface area contributed by atoms with Crippen LogP contribution in [0, 0.1) is 0 Å². The van der Waals surface area contributed by atoms with E-state index in [9.17, 15) is 18.0 Å². The van der Waals surface area contributed by atoms with Gasteiger partial charge in [0.25, 0.3) is 0 Å². The zero-order valence-corrected chi connectivity index (χ0v) is 18.2. The fraction of sp³-hybridized carbons (Fsp3) is 0.217. The smallest absolute Gasteiger partial charge is 0.340 e. The summed E-state index contributed by atoms with van der Waals surface area (Å²) in [5.74, 6) is -1.21. The molecule has 31 heavy (non-hydrogen) atoms. The van der Waals surface area contributed by atoms with Crippen molar-refractivity contribution in [3.05, 3.63) is 76.8 Å². The number of hydrogen-bond donors (Lipinski definition) is 0. The second-order valence-electron chi connectivity index (χ2n) is 7.31. The molecular formula is C23H20ClNO5S. The summed E-state index contributed by atoms with van der Waals surface area (Å²) >= 11 is 6.10. The zero-order chi connectivity index (χ0) is 22.0. The molecule has 0 unspecified atom stereocenters. The summed E-state index contributed by atoms with van der Waals surface area (Å²) in [6.45, 7) is 0.423. The van der Waals surface area contributed by atoms with Gasteiger partial charge in [-0.25, -0.2) is 13.2 Å². The number of nitrogens with zero attached hydrogens (tertiary/aromatic N) is 1. The monoisotopic (exact) mass is 457 g/mol. The average molecular weight is 458 g/mol. The lowest BCUT2D eigenvalue weighted by Gasteiger charge is -2.16. The molecule has 0 N–H and O–H groups in total. The number of rotatable bonds is 6. The van der Waals surface area contributed by atoms with Gasteiger partial charge >= 0.3 is 5.97 Å². The first-order chi connectivity index (χ1) is 14.9. The number of sulfonamides is 1. The Balaban J connectivity index is 1.49. The maximum atomic E-state index is 12.8. The van der Waals surface area contributed by atoms with E-state index in [0.29, 0.717) is 18.7 Å². The molecule has 0 atom stereocenters. The Hall–Kier alpha value is -2.74. The van der Waals surface area contributed by atoms with Gasteiger partial charge in [0.15, 0.2) is 12.4 Å². The molecule has 0 bridgehead atoms. The Labute approximate surface area is 185 Å². The Bertz CT molecular complexity index is 1270. The van der Waals surface area contributed by atoms with Gasteiger partial charge in [-0.1, -0.05) is 48.0 Å². The normalized spacial score (nSPS) is 14.6. The fourth-order valence-electron chi connectivity index (χ4n) is 3.55. The van der Waals surface area contributed by atoms with Crippen molar-refractivity contribution in [3.8, 4) is 0 Å². The molecule has 3 aromatic rings. The Kier molecular flexibility index (Phi) is 6.09. The van der Waals surface area contributed by atoms with Gasteiger partial charge in [-0.3, -0.25) is 4.79 Å². The van der Waals surface area contributed by atoms with Crippen LogP contribution in [0.15, 0.2) is 65.6 Å². The summed E-state index contributed by atoms with van der Waals surface area (Å²) in [5.41, 5.74) is 0.330. The molecule has 0 amide bonds. The lowest BCUT2D eigenvalue weighted by atomic mass is 10.0. The van der Waals surface area contributed by atoms with E-state index in [0.717, 1.165) is 23.6 Å². The number of Topliss-reactive ketones (excluding diaryl/α,β-unsaturated/α-hetero) is 1. The quantitative estimate of drug-likeness (QED) is 0.407. The molecule has 0 aromatic heterocycles. The third kappa shape index (κ3) is 4.49. The van der Waals surface area contributed by atoms with Crippen LogP contribution in [0.25, 0.3) is 10.8 Å². The van der Waals surface area contributed by atoms with Gasteiger partial charge in [-0.05, 0) is 47.9 Å². The minimum absolute atomic E-state index is 0.0217. The van der Waals surface area contributed by atoms with Crippen molar-refractivity contribution in [2.45, 2.75) is 17.7 Å². The van der Waals surface area contributed by atoms with Crippen LogP contribution in [-0.4, -0.2) is 44.2 Å². The van der Waals surface area contributed by atoms with Crippen LogP contribution in [0.4, 0.5) is 0 Å². The van der Waals surface area contributed by atoms with Crippen LogP contribution in [0.3, 0.4) is 0 Å². The number of esters is 1. The molecule has 1 fully saturated rings. The van der Waals surface area contributed by atoms with Gasteiger partial charge < -0.3 is 4.74 Å². The molecule has 0 aliphatic carbocycles. The van der Waals surface area contributed by atoms with Gasteiger partial charge in [0.05, 0.1) is 15.5 Å². The first-order valence-electron chi connectivity index (χ1n) is 9.85. The highest BCUT2D eigenvalue weighted by atomic mass is 35.5. The summed E-state index contributed by atoms with van der Waals surface area (Å²) < 4.78 is 32.0. The fourth-order valence-corrected chi connectivity index (χ4v) is 5.29. The maximum absolute atomic E-state index is 12.8. The summed E-state index contributed by atoms with van der Waals surface area (Å²) in [7, 11) is -3.71. The second kappa shape index (κ2) is 8.78. The SMILES string of the molecule is O=C(COC(=O)c1cc(S(=O)(=O)N2CCCC2)ccc1Cl)c1ccc2ccccc2c1. The highest BCUT2D eigenvalue weighted by Gasteiger charge is 2.28. The molecule has 0 saturated carbocycles. The summed E-state index contributed by atoms with van der Waals surface area (Å²) in [5, 5.41) is 1.96. The van der Waals surface area contributed by atoms with Crippen molar-refractivity contribution in [2.24, 2.45) is 0 Å². The first-order valence-corrected chi connectivity index (χ1v) is 11.7. The number of benzene rings is 3. The van der Waals surface area contributed by atoms with E-state index in [4.69, 9.17) is 16.3 Å². The molecule has 4 rings (SSSR count). The molecule has 0 radical (unpaired) electrons. The van der Waals surface area contributed by atoms with Crippen molar-refractivity contribution < 1.29 is 22.7 Å². The Morgan fingerprint density at radius 3 is 2.39 bits per heavy atom. The van der Waals surface area contributed by atoms with Crippen LogP contribution < -0.4 is 0 Å². The molecule has 160 valence electrons. The third-order valence-corrected chi connectivity index (χ3v) is 7.49. The largest absolute Gasteiger partial charge is 0.454 e. The molecule has 1 heterocycles. The van der Waals surface area contributed by atoms with Gasteiger partial charge in [0.1, 0.15) is 0 Å². The maximum Gasteiger partial charge on any atom is 0.340 e. The van der Waals surface area contributed by atoms with Crippen LogP contribution in [0.2, 0.25) is 5.02 Å². The molecular weight excluding hydrogens is 438 g/mol. The molecule has 1 aliphatic rings. The van der Waals surface area contributed by atoms with Crippen LogP contribution in [0.1, 0.15) is 33.6 Å². The van der Waals surface area contributed by atoms with Crippen molar-refractivity contribution in [1.82, 2.24) is 4.31 Å². The summed E-state index contributed by atoms with van der Waals surface area (Å²) in [6, 6.07) is 16.8. The molecule has 6 nitrogen and oxygen atoms in total. The van der Waals surface area contributed by atoms with E-state index in [-0.39, 0.29) is 21.3 Å². The van der Waals surface area contributed by atoms with Crippen LogP contribution >= 0.6 is 11.6 Å². The number of fused-ring (bicyclic) bond motifs is 1. The minimum Gasteiger partial charge on any atom is -0.454 e. The molecule has 1 aliphatic heterocycles. The van der Waals surface area contributed by atoms with Crippen molar-refractivity contribution in [2.75, 3.05) is 19.7 Å². The number of ketones is 1. The second-order valence-corrected chi connectivity index (χ2v) is 9.66. The lowest BCUT2D eigenvalue weighted by Crippen LogP contribution is -2.28. The average Bonchev–Trinajstić information content (AvgIpc) is 3.33. The van der Waals surface area contributed by atoms with E-state index in [1.165, 1.54) is 22.5 Å². The van der Waals surface area contributed by atoms with Crippen molar-refractivity contribution >= 4 is 44.1 Å². The number of carbonyl (C=O) groups excluding carboxylic acids is 2. The van der Waals surface area contributed by atoms with E-state index < -0.39 is 22.6 Å². The van der Waals surface area contributed by atoms with E-state index in [2.05, 4.69) is 0 Å². The van der Waals surface area contributed by atoms with Gasteiger partial charge in [0, 0.05) is 18.7 Å². The van der Waals surface area contributed by atoms with E-state index in [1.54, 1.807) is 12.1 Å². The highest BCUT2D eigenvalue weighted by molar-refractivity contribution is 7.89. The van der Waals surface area contributed by atoms with Gasteiger partial charge in [-0.2, -0.15) is 4.31 Å². The minimum atomic E-state index is -3.71. The number of ether oxygens (including phenoxy) is 1.